The predicted molar refractivity (Wildman–Crippen MR) is 80.7 cm³/mol. The molecule has 0 aliphatic heterocycles. The lowest BCUT2D eigenvalue weighted by Gasteiger charge is -1.95. The van der Waals surface area contributed by atoms with E-state index in [1.165, 1.54) is 22.0 Å². The Balaban J connectivity index is 0.00000162. The number of nitrogens with two attached hydrogens (primary N) is 1. The van der Waals surface area contributed by atoms with E-state index in [0.717, 1.165) is 17.4 Å². The van der Waals surface area contributed by atoms with Gasteiger partial charge in [-0.05, 0) is 34.7 Å². The Hall–Kier alpha value is 0.01000. The van der Waals surface area contributed by atoms with Crippen LogP contribution in [0.15, 0.2) is 29.3 Å². The number of nitrogens with zero attached hydrogens (tertiary/aromatic N) is 2. The second-order valence-corrected chi connectivity index (χ2v) is 5.66. The summed E-state index contributed by atoms with van der Waals surface area (Å²) in [6.07, 6.45) is 1.93. The Morgan fingerprint density at radius 2 is 2.22 bits per heavy atom. The number of hydrogen-bond acceptors (Lipinski definition) is 4. The number of aromatic nitrogens is 1. The smallest absolute Gasteiger partial charge is 0.386 e. The van der Waals surface area contributed by atoms with Gasteiger partial charge in [0.05, 0.1) is 4.70 Å². The van der Waals surface area contributed by atoms with E-state index in [-0.39, 0.29) is 24.0 Å². The lowest BCUT2D eigenvalue weighted by atomic mass is 10.3. The van der Waals surface area contributed by atoms with Crippen molar-refractivity contribution >= 4 is 56.2 Å². The van der Waals surface area contributed by atoms with Crippen LogP contribution in [0.4, 0.5) is 5.13 Å². The molecule has 0 bridgehead atoms. The molecule has 0 aliphatic rings. The van der Waals surface area contributed by atoms with Gasteiger partial charge in [0.1, 0.15) is 12.1 Å². The molecule has 0 saturated heterocycles. The van der Waals surface area contributed by atoms with Crippen LogP contribution in [0.25, 0.3) is 10.2 Å². The summed E-state index contributed by atoms with van der Waals surface area (Å²) < 4.78 is 3.39. The molecule has 0 unspecified atom stereocenters. The molecule has 18 heavy (non-hydrogen) atoms. The first-order chi connectivity index (χ1) is 8.26. The maximum absolute atomic E-state index is 5.78. The van der Waals surface area contributed by atoms with Gasteiger partial charge in [-0.25, -0.2) is 4.57 Å². The van der Waals surface area contributed by atoms with Gasteiger partial charge in [-0.15, -0.1) is 0 Å². The van der Waals surface area contributed by atoms with Crippen LogP contribution in [0, 0.1) is 0 Å². The summed E-state index contributed by atoms with van der Waals surface area (Å²) in [5.41, 5.74) is 6.97. The molecule has 0 amide bonds. The van der Waals surface area contributed by atoms with E-state index in [1.54, 1.807) is 11.3 Å². The van der Waals surface area contributed by atoms with Crippen LogP contribution in [0.2, 0.25) is 0 Å². The van der Waals surface area contributed by atoms with Crippen LogP contribution in [-0.4, -0.2) is 17.2 Å². The summed E-state index contributed by atoms with van der Waals surface area (Å²) in [4.78, 5) is 4.44. The van der Waals surface area contributed by atoms with Crippen molar-refractivity contribution in [2.75, 3.05) is 12.0 Å². The molecule has 3 nitrogen and oxygen atoms in total. The third-order valence-corrected chi connectivity index (χ3v) is 4.10. The topological polar surface area (TPSA) is 42.3 Å². The second kappa shape index (κ2) is 7.56. The Labute approximate surface area is 137 Å². The van der Waals surface area contributed by atoms with Gasteiger partial charge in [-0.1, -0.05) is 23.9 Å². The van der Waals surface area contributed by atoms with Crippen molar-refractivity contribution < 1.29 is 28.5 Å². The van der Waals surface area contributed by atoms with E-state index >= 15 is 0 Å². The zero-order valence-electron chi connectivity index (χ0n) is 9.84. The number of rotatable bonds is 3. The Bertz CT molecular complexity index is 553. The number of fused-ring (bicyclic) bond motifs is 1. The normalized spacial score (nSPS) is 11.6. The molecule has 2 N–H and O–H groups in total. The third kappa shape index (κ3) is 3.52. The third-order valence-electron chi connectivity index (χ3n) is 2.33. The number of aliphatic imine (C=N–C) groups is 1. The maximum atomic E-state index is 5.78. The van der Waals surface area contributed by atoms with Gasteiger partial charge >= 0.3 is 5.13 Å². The van der Waals surface area contributed by atoms with Crippen molar-refractivity contribution in [1.82, 2.24) is 0 Å². The fraction of sp³-hybridized carbons (Fsp3) is 0.273. The zero-order chi connectivity index (χ0) is 12.3. The van der Waals surface area contributed by atoms with Crippen molar-refractivity contribution in [2.24, 2.45) is 10.7 Å². The van der Waals surface area contributed by atoms with Crippen molar-refractivity contribution in [3.63, 3.8) is 0 Å². The molecule has 98 valence electrons. The quantitative estimate of drug-likeness (QED) is 0.234. The first-order valence-electron chi connectivity index (χ1n) is 5.16. The van der Waals surface area contributed by atoms with E-state index in [0.29, 0.717) is 5.17 Å². The number of amidine groups is 1. The summed E-state index contributed by atoms with van der Waals surface area (Å²) in [6.45, 7) is 0.841. The van der Waals surface area contributed by atoms with E-state index in [4.69, 9.17) is 5.73 Å². The first-order valence-corrected chi connectivity index (χ1v) is 7.84. The number of benzene rings is 1. The Morgan fingerprint density at radius 1 is 1.50 bits per heavy atom. The van der Waals surface area contributed by atoms with Gasteiger partial charge < -0.3 is 29.7 Å². The molecule has 0 saturated carbocycles. The number of para-hydroxylation sites is 1. The van der Waals surface area contributed by atoms with Crippen LogP contribution in [-0.2, 0) is 6.54 Å². The van der Waals surface area contributed by atoms with Crippen LogP contribution in [0.3, 0.4) is 0 Å². The molecule has 1 aromatic heterocycles. The number of halogens is 1. The van der Waals surface area contributed by atoms with E-state index in [1.807, 2.05) is 18.4 Å². The largest absolute Gasteiger partial charge is 1.00 e. The van der Waals surface area contributed by atoms with Gasteiger partial charge in [-0.2, -0.15) is 12.6 Å². The predicted octanol–water partition coefficient (Wildman–Crippen LogP) is -0.568. The molecule has 2 rings (SSSR count). The van der Waals surface area contributed by atoms with Crippen molar-refractivity contribution in [3.8, 4) is 0 Å². The standard InChI is InChI=1S/C11H13N3S3.HI/c1-16-10(12)13-11-14(6-7-15)8-4-2-3-5-9(8)17-11;/h2-5,12,15H,6-7H2,1H3;1H. The van der Waals surface area contributed by atoms with Gasteiger partial charge in [0.2, 0.25) is 0 Å². The average Bonchev–Trinajstić information content (AvgIpc) is 2.68. The molecule has 0 atom stereocenters. The van der Waals surface area contributed by atoms with Crippen molar-refractivity contribution in [2.45, 2.75) is 6.54 Å². The second-order valence-electron chi connectivity index (χ2n) is 3.38. The van der Waals surface area contributed by atoms with Crippen molar-refractivity contribution in [1.29, 1.82) is 0 Å². The van der Waals surface area contributed by atoms with Gasteiger partial charge in [-0.3, -0.25) is 0 Å². The molecule has 0 aliphatic carbocycles. The van der Waals surface area contributed by atoms with Crippen LogP contribution in [0.1, 0.15) is 0 Å². The van der Waals surface area contributed by atoms with Crippen LogP contribution in [0.5, 0.6) is 0 Å². The molecular weight excluding hydrogens is 397 g/mol. The highest BCUT2D eigenvalue weighted by Crippen LogP contribution is 2.26. The molecule has 2 aromatic rings. The maximum Gasteiger partial charge on any atom is 0.386 e. The summed E-state index contributed by atoms with van der Waals surface area (Å²) in [6, 6.07) is 8.28. The first kappa shape index (κ1) is 16.1. The summed E-state index contributed by atoms with van der Waals surface area (Å²) in [5.74, 6) is 0.785. The highest BCUT2D eigenvalue weighted by molar-refractivity contribution is 8.13. The Kier molecular flexibility index (Phi) is 6.75. The molecule has 7 heteroatoms. The summed E-state index contributed by atoms with van der Waals surface area (Å²) >= 11 is 7.41. The lowest BCUT2D eigenvalue weighted by molar-refractivity contribution is -0.649. The number of thiol groups is 1. The zero-order valence-corrected chi connectivity index (χ0v) is 14.5. The van der Waals surface area contributed by atoms with Gasteiger partial charge in [0.25, 0.3) is 5.17 Å². The highest BCUT2D eigenvalue weighted by Gasteiger charge is 2.18. The Morgan fingerprint density at radius 3 is 2.89 bits per heavy atom. The van der Waals surface area contributed by atoms with Gasteiger partial charge in [0, 0.05) is 5.75 Å². The summed E-state index contributed by atoms with van der Waals surface area (Å²) in [7, 11) is 0. The molecular formula is C11H14IN3S3. The van der Waals surface area contributed by atoms with E-state index in [2.05, 4.69) is 34.3 Å². The van der Waals surface area contributed by atoms with Crippen LogP contribution < -0.4 is 34.3 Å². The number of hydrogen-bond donors (Lipinski definition) is 2. The van der Waals surface area contributed by atoms with E-state index < -0.39 is 0 Å². The van der Waals surface area contributed by atoms with Crippen molar-refractivity contribution in [3.05, 3.63) is 24.3 Å². The minimum Gasteiger partial charge on any atom is -1.00 e. The lowest BCUT2D eigenvalue weighted by Crippen LogP contribution is -3.00. The number of thiazole rings is 1. The monoisotopic (exact) mass is 411 g/mol. The molecule has 0 radical (unpaired) electrons. The number of thioether (sulfide) groups is 1. The highest BCUT2D eigenvalue weighted by atomic mass is 127. The fourth-order valence-corrected chi connectivity index (χ4v) is 3.07. The minimum absolute atomic E-state index is 0. The molecule has 1 aromatic carbocycles. The number of aryl methyl sites for hydroxylation is 1. The SMILES string of the molecule is CS/C(N)=N\c1sc2ccccc2[n+]1CCS.[I-]. The summed E-state index contributed by atoms with van der Waals surface area (Å²) in [5, 5.41) is 1.52. The van der Waals surface area contributed by atoms with Gasteiger partial charge in [0.15, 0.2) is 0 Å². The van der Waals surface area contributed by atoms with Crippen LogP contribution >= 0.6 is 35.7 Å². The fourth-order valence-electron chi connectivity index (χ4n) is 1.56. The average molecular weight is 411 g/mol. The molecule has 1 heterocycles. The molecule has 0 spiro atoms. The molecule has 0 fully saturated rings. The van der Waals surface area contributed by atoms with E-state index in [9.17, 15) is 0 Å². The minimum atomic E-state index is 0.